The Bertz CT molecular complexity index is 1650. The van der Waals surface area contributed by atoms with E-state index < -0.39 is 5.82 Å². The molecule has 4 heterocycles. The number of fused-ring (bicyclic) bond motifs is 2. The Morgan fingerprint density at radius 2 is 1.95 bits per heavy atom. The first kappa shape index (κ1) is 26.5. The number of likely N-dealkylation sites (N-methyl/N-ethyl adjacent to an activating group) is 1. The van der Waals surface area contributed by atoms with Gasteiger partial charge in [0.05, 0.1) is 16.7 Å². The van der Waals surface area contributed by atoms with Crippen molar-refractivity contribution in [1.29, 1.82) is 0 Å². The van der Waals surface area contributed by atoms with E-state index in [0.717, 1.165) is 29.6 Å². The van der Waals surface area contributed by atoms with Crippen molar-refractivity contribution in [2.45, 2.75) is 38.9 Å². The first-order chi connectivity index (χ1) is 19.2. The zero-order valence-electron chi connectivity index (χ0n) is 23.0. The summed E-state index contributed by atoms with van der Waals surface area (Å²) in [5.74, 6) is 0.487. The summed E-state index contributed by atoms with van der Waals surface area (Å²) in [4.78, 5) is 28.2. The van der Waals surface area contributed by atoms with Crippen LogP contribution >= 0.6 is 11.6 Å². The Hall–Kier alpha value is -3.76. The predicted molar refractivity (Wildman–Crippen MR) is 158 cm³/mol. The number of anilines is 2. The zero-order valence-corrected chi connectivity index (χ0v) is 23.8. The Balaban J connectivity index is 1.55. The maximum atomic E-state index is 16.8. The highest BCUT2D eigenvalue weighted by Gasteiger charge is 2.35. The second kappa shape index (κ2) is 10.0. The summed E-state index contributed by atoms with van der Waals surface area (Å²) in [6.07, 6.45) is 3.06. The van der Waals surface area contributed by atoms with E-state index >= 15 is 4.39 Å². The van der Waals surface area contributed by atoms with Gasteiger partial charge in [0.15, 0.2) is 5.82 Å². The van der Waals surface area contributed by atoms with Gasteiger partial charge in [-0.15, -0.1) is 0 Å². The number of aryl methyl sites for hydroxylation is 1. The molecule has 0 bridgehead atoms. The molecule has 0 saturated carbocycles. The van der Waals surface area contributed by atoms with E-state index in [4.69, 9.17) is 21.6 Å². The highest BCUT2D eigenvalue weighted by molar-refractivity contribution is 6.35. The third-order valence-electron chi connectivity index (χ3n) is 8.22. The molecule has 208 valence electrons. The molecular formula is C29H32ClFN8O. The SMILES string of the molecule is C=CC(=O)N1C[C@H](C)N(c2nc(N3CC(NC)C3)nc3c(F)c(-c4c(C)ccc5cn[nH]c45)c(Cl)cc23)C[C@H]1C. The van der Waals surface area contributed by atoms with Gasteiger partial charge in [-0.1, -0.05) is 30.3 Å². The van der Waals surface area contributed by atoms with Gasteiger partial charge in [-0.2, -0.15) is 10.1 Å². The van der Waals surface area contributed by atoms with E-state index in [9.17, 15) is 4.79 Å². The third kappa shape index (κ3) is 4.17. The number of piperazine rings is 1. The average Bonchev–Trinajstić information content (AvgIpc) is 3.39. The molecule has 0 unspecified atom stereocenters. The molecule has 2 atom stereocenters. The van der Waals surface area contributed by atoms with E-state index in [-0.39, 0.29) is 34.1 Å². The van der Waals surface area contributed by atoms with Gasteiger partial charge in [0, 0.05) is 66.2 Å². The van der Waals surface area contributed by atoms with E-state index in [1.807, 2.05) is 49.8 Å². The van der Waals surface area contributed by atoms with Crippen molar-refractivity contribution in [3.05, 3.63) is 53.5 Å². The second-order valence-corrected chi connectivity index (χ2v) is 11.2. The molecule has 2 aliphatic heterocycles. The molecule has 11 heteroatoms. The lowest BCUT2D eigenvalue weighted by Crippen LogP contribution is -2.59. The molecule has 1 amide bonds. The van der Waals surface area contributed by atoms with Crippen molar-refractivity contribution < 1.29 is 9.18 Å². The molecule has 6 rings (SSSR count). The number of aromatic amines is 1. The summed E-state index contributed by atoms with van der Waals surface area (Å²) in [5, 5.41) is 12.1. The van der Waals surface area contributed by atoms with Crippen molar-refractivity contribution in [2.75, 3.05) is 43.0 Å². The fourth-order valence-electron chi connectivity index (χ4n) is 5.87. The van der Waals surface area contributed by atoms with E-state index in [1.54, 1.807) is 12.3 Å². The topological polar surface area (TPSA) is 93.3 Å². The molecule has 4 aromatic rings. The molecule has 0 spiro atoms. The van der Waals surface area contributed by atoms with Crippen LogP contribution in [-0.2, 0) is 4.79 Å². The molecule has 2 N–H and O–H groups in total. The number of H-pyrrole nitrogens is 1. The summed E-state index contributed by atoms with van der Waals surface area (Å²) in [6, 6.07) is 5.82. The van der Waals surface area contributed by atoms with E-state index in [2.05, 4.69) is 27.0 Å². The zero-order chi connectivity index (χ0) is 28.3. The van der Waals surface area contributed by atoms with Gasteiger partial charge in [0.25, 0.3) is 0 Å². The van der Waals surface area contributed by atoms with Gasteiger partial charge >= 0.3 is 0 Å². The lowest BCUT2D eigenvalue weighted by molar-refractivity contribution is -0.128. The van der Waals surface area contributed by atoms with Crippen LogP contribution in [0, 0.1) is 12.7 Å². The lowest BCUT2D eigenvalue weighted by atomic mass is 9.96. The first-order valence-corrected chi connectivity index (χ1v) is 13.8. The van der Waals surface area contributed by atoms with Crippen LogP contribution in [0.1, 0.15) is 19.4 Å². The molecule has 0 aliphatic carbocycles. The van der Waals surface area contributed by atoms with Gasteiger partial charge in [-0.3, -0.25) is 9.89 Å². The maximum Gasteiger partial charge on any atom is 0.246 e. The minimum Gasteiger partial charge on any atom is -0.349 e. The average molecular weight is 563 g/mol. The van der Waals surface area contributed by atoms with Crippen molar-refractivity contribution in [2.24, 2.45) is 0 Å². The molecule has 2 saturated heterocycles. The monoisotopic (exact) mass is 562 g/mol. The Labute approximate surface area is 237 Å². The number of aromatic nitrogens is 4. The number of nitrogens with zero attached hydrogens (tertiary/aromatic N) is 6. The first-order valence-electron chi connectivity index (χ1n) is 13.5. The number of carbonyl (C=O) groups is 1. The molecule has 9 nitrogen and oxygen atoms in total. The summed E-state index contributed by atoms with van der Waals surface area (Å²) in [7, 11) is 1.92. The van der Waals surface area contributed by atoms with Gasteiger partial charge in [-0.05, 0) is 45.5 Å². The molecule has 2 fully saturated rings. The van der Waals surface area contributed by atoms with Crippen LogP contribution in [0.2, 0.25) is 5.02 Å². The molecule has 0 radical (unpaired) electrons. The van der Waals surface area contributed by atoms with Gasteiger partial charge < -0.3 is 20.0 Å². The molecule has 40 heavy (non-hydrogen) atoms. The molecule has 2 aliphatic rings. The summed E-state index contributed by atoms with van der Waals surface area (Å²) in [5.41, 5.74) is 2.76. The van der Waals surface area contributed by atoms with Crippen LogP contribution in [0.4, 0.5) is 16.2 Å². The highest BCUT2D eigenvalue weighted by atomic mass is 35.5. The second-order valence-electron chi connectivity index (χ2n) is 10.8. The quantitative estimate of drug-likeness (QED) is 0.350. The summed E-state index contributed by atoms with van der Waals surface area (Å²) in [6.45, 7) is 12.1. The van der Waals surface area contributed by atoms with Crippen LogP contribution in [0.25, 0.3) is 32.9 Å². The Morgan fingerprint density at radius 3 is 2.67 bits per heavy atom. The molecule has 2 aromatic heterocycles. The van der Waals surface area contributed by atoms with E-state index in [1.165, 1.54) is 6.08 Å². The Morgan fingerprint density at radius 1 is 1.18 bits per heavy atom. The van der Waals surface area contributed by atoms with Crippen molar-refractivity contribution in [3.63, 3.8) is 0 Å². The van der Waals surface area contributed by atoms with Gasteiger partial charge in [0.1, 0.15) is 11.3 Å². The van der Waals surface area contributed by atoms with Crippen LogP contribution in [0.3, 0.4) is 0 Å². The number of hydrogen-bond acceptors (Lipinski definition) is 7. The number of benzene rings is 2. The number of halogens is 2. The Kier molecular flexibility index (Phi) is 6.62. The standard InChI is InChI=1S/C29H32ClFN8O/c1-6-22(40)38-11-17(4)39(12-16(38)3)28-20-9-21(30)24(23-15(2)7-8-18-10-33-36-26(18)23)25(31)27(20)34-29(35-28)37-13-19(14-37)32-5/h6-10,16-17,19,32H,1,11-14H2,2-5H3,(H,33,36)/t16-,17+/m1/s1. The fourth-order valence-corrected chi connectivity index (χ4v) is 6.15. The third-order valence-corrected chi connectivity index (χ3v) is 8.51. The largest absolute Gasteiger partial charge is 0.349 e. The summed E-state index contributed by atoms with van der Waals surface area (Å²) < 4.78 is 16.8. The normalized spacial score (nSPS) is 19.9. The highest BCUT2D eigenvalue weighted by Crippen LogP contribution is 2.42. The molecular weight excluding hydrogens is 531 g/mol. The summed E-state index contributed by atoms with van der Waals surface area (Å²) >= 11 is 6.89. The number of nitrogens with one attached hydrogen (secondary N) is 2. The van der Waals surface area contributed by atoms with Crippen molar-refractivity contribution in [3.8, 4) is 11.1 Å². The van der Waals surface area contributed by atoms with Crippen LogP contribution in [0.5, 0.6) is 0 Å². The van der Waals surface area contributed by atoms with E-state index in [0.29, 0.717) is 41.8 Å². The number of rotatable bonds is 5. The number of hydrogen-bond donors (Lipinski definition) is 2. The van der Waals surface area contributed by atoms with Crippen LogP contribution in [0.15, 0.2) is 37.1 Å². The minimum atomic E-state index is -0.496. The predicted octanol–water partition coefficient (Wildman–Crippen LogP) is 4.29. The number of amides is 1. The maximum absolute atomic E-state index is 16.8. The minimum absolute atomic E-state index is 0.0741. The van der Waals surface area contributed by atoms with Crippen LogP contribution in [-0.4, -0.2) is 82.3 Å². The number of carbonyl (C=O) groups excluding carboxylic acids is 1. The van der Waals surface area contributed by atoms with Crippen molar-refractivity contribution >= 4 is 51.1 Å². The van der Waals surface area contributed by atoms with Gasteiger partial charge in [-0.25, -0.2) is 9.37 Å². The fraction of sp³-hybridized carbons (Fsp3) is 0.379. The lowest BCUT2D eigenvalue weighted by Gasteiger charge is -2.45. The van der Waals surface area contributed by atoms with Crippen molar-refractivity contribution in [1.82, 2.24) is 30.4 Å². The smallest absolute Gasteiger partial charge is 0.246 e. The molecule has 2 aromatic carbocycles. The van der Waals surface area contributed by atoms with Crippen LogP contribution < -0.4 is 15.1 Å². The van der Waals surface area contributed by atoms with Gasteiger partial charge in [0.2, 0.25) is 11.9 Å².